The highest BCUT2D eigenvalue weighted by Gasteiger charge is 2.34. The third-order valence-electron chi connectivity index (χ3n) is 7.60. The molecule has 4 heterocycles. The van der Waals surface area contributed by atoms with Gasteiger partial charge in [0.25, 0.3) is 0 Å². The summed E-state index contributed by atoms with van der Waals surface area (Å²) < 4.78 is 4.27. The third-order valence-corrected chi connectivity index (χ3v) is 8.65. The van der Waals surface area contributed by atoms with Crippen molar-refractivity contribution in [3.8, 4) is 11.3 Å². The molecule has 2 aliphatic rings. The molecule has 4 aromatic rings. The van der Waals surface area contributed by atoms with Crippen molar-refractivity contribution in [1.82, 2.24) is 28.6 Å². The summed E-state index contributed by atoms with van der Waals surface area (Å²) in [7, 11) is 2.24. The lowest BCUT2D eigenvalue weighted by atomic mass is 9.83. The summed E-state index contributed by atoms with van der Waals surface area (Å²) in [4.78, 5) is 12.6. The second-order valence-corrected chi connectivity index (χ2v) is 11.1. The molecule has 0 N–H and O–H groups in total. The highest BCUT2D eigenvalue weighted by molar-refractivity contribution is 7.97. The summed E-state index contributed by atoms with van der Waals surface area (Å²) in [6, 6.07) is 12.8. The van der Waals surface area contributed by atoms with Gasteiger partial charge in [-0.25, -0.2) is 9.07 Å². The minimum absolute atomic E-state index is 0.299. The fourth-order valence-electron chi connectivity index (χ4n) is 5.75. The number of likely N-dealkylation sites (tertiary alicyclic amines) is 1. The maximum Gasteiger partial charge on any atom is 0.224 e. The Morgan fingerprint density at radius 2 is 1.82 bits per heavy atom. The van der Waals surface area contributed by atoms with E-state index in [1.54, 1.807) is 11.9 Å². The van der Waals surface area contributed by atoms with Crippen molar-refractivity contribution in [1.29, 1.82) is 0 Å². The van der Waals surface area contributed by atoms with Crippen molar-refractivity contribution >= 4 is 34.6 Å². The summed E-state index contributed by atoms with van der Waals surface area (Å²) >= 11 is 7.85. The van der Waals surface area contributed by atoms with Crippen LogP contribution in [0.5, 0.6) is 0 Å². The predicted molar refractivity (Wildman–Crippen MR) is 138 cm³/mol. The minimum Gasteiger partial charge on any atom is -0.329 e. The van der Waals surface area contributed by atoms with Gasteiger partial charge in [-0.3, -0.25) is 0 Å². The molecule has 1 saturated carbocycles. The van der Waals surface area contributed by atoms with Crippen LogP contribution in [0.4, 0.5) is 0 Å². The Balaban J connectivity index is 1.28. The van der Waals surface area contributed by atoms with Crippen LogP contribution in [0.3, 0.4) is 0 Å². The first-order chi connectivity index (χ1) is 16.6. The average Bonchev–Trinajstić information content (AvgIpc) is 3.59. The molecule has 0 bridgehead atoms. The van der Waals surface area contributed by atoms with Crippen LogP contribution < -0.4 is 0 Å². The third kappa shape index (κ3) is 4.37. The minimum atomic E-state index is 0.299. The van der Waals surface area contributed by atoms with Crippen LogP contribution in [-0.2, 0) is 0 Å². The van der Waals surface area contributed by atoms with Gasteiger partial charge in [0.1, 0.15) is 5.65 Å². The molecule has 34 heavy (non-hydrogen) atoms. The Bertz CT molecular complexity index is 1280. The number of fused-ring (bicyclic) bond motifs is 1. The Morgan fingerprint density at radius 3 is 2.65 bits per heavy atom. The Hall–Kier alpha value is -2.35. The standard InChI is InChI=1S/C26H29ClN6S/c1-31-12-9-18(10-13-31)19-7-8-20(15-19)32-17-23(22-16-28-26(27)29-25(22)32)24-11-14-33(30-24)34-21-5-3-2-4-6-21/h2-6,11,14,16-20H,7-10,12-13,15H2,1H3. The SMILES string of the molecule is CN1CCC(C2CCC(n3cc(-c4ccn(Sc5ccccc5)n4)c4cnc(Cl)nc43)C2)CC1. The van der Waals surface area contributed by atoms with Gasteiger partial charge in [0.05, 0.1) is 5.69 Å². The van der Waals surface area contributed by atoms with Crippen molar-refractivity contribution in [2.45, 2.75) is 43.0 Å². The average molecular weight is 493 g/mol. The van der Waals surface area contributed by atoms with Gasteiger partial charge in [-0.1, -0.05) is 18.2 Å². The zero-order valence-electron chi connectivity index (χ0n) is 19.3. The van der Waals surface area contributed by atoms with Crippen molar-refractivity contribution in [3.63, 3.8) is 0 Å². The van der Waals surface area contributed by atoms with E-state index in [4.69, 9.17) is 16.7 Å². The Morgan fingerprint density at radius 1 is 1.00 bits per heavy atom. The number of nitrogens with zero attached hydrogens (tertiary/aromatic N) is 6. The lowest BCUT2D eigenvalue weighted by Gasteiger charge is -2.32. The predicted octanol–water partition coefficient (Wildman–Crippen LogP) is 6.19. The van der Waals surface area contributed by atoms with Crippen LogP contribution in [0.1, 0.15) is 38.1 Å². The summed E-state index contributed by atoms with van der Waals surface area (Å²) in [6.07, 6.45) is 12.5. The van der Waals surface area contributed by atoms with Gasteiger partial charge in [0, 0.05) is 52.4 Å². The molecule has 8 heteroatoms. The highest BCUT2D eigenvalue weighted by Crippen LogP contribution is 2.44. The molecule has 1 aliphatic heterocycles. The fraction of sp³-hybridized carbons (Fsp3) is 0.423. The molecular formula is C26H29ClN6S. The summed E-state index contributed by atoms with van der Waals surface area (Å²) in [5, 5.41) is 6.17. The van der Waals surface area contributed by atoms with Crippen molar-refractivity contribution in [2.24, 2.45) is 11.8 Å². The number of aromatic nitrogens is 5. The maximum absolute atomic E-state index is 6.25. The zero-order chi connectivity index (χ0) is 23.1. The Kier molecular flexibility index (Phi) is 6.09. The van der Waals surface area contributed by atoms with E-state index in [0.717, 1.165) is 39.0 Å². The molecule has 1 aliphatic carbocycles. The van der Waals surface area contributed by atoms with Crippen molar-refractivity contribution < 1.29 is 0 Å². The number of hydrogen-bond donors (Lipinski definition) is 0. The zero-order valence-corrected chi connectivity index (χ0v) is 20.9. The quantitative estimate of drug-likeness (QED) is 0.311. The van der Waals surface area contributed by atoms with E-state index < -0.39 is 0 Å². The normalized spacial score (nSPS) is 22.1. The summed E-state index contributed by atoms with van der Waals surface area (Å²) in [5.74, 6) is 1.66. The first kappa shape index (κ1) is 22.1. The molecule has 2 atom stereocenters. The van der Waals surface area contributed by atoms with Gasteiger partial charge >= 0.3 is 0 Å². The molecule has 1 aromatic carbocycles. The molecular weight excluding hydrogens is 464 g/mol. The molecule has 2 fully saturated rings. The first-order valence-electron chi connectivity index (χ1n) is 12.1. The van der Waals surface area contributed by atoms with Gasteiger partial charge in [-0.2, -0.15) is 10.1 Å². The summed E-state index contributed by atoms with van der Waals surface area (Å²) in [6.45, 7) is 2.46. The van der Waals surface area contributed by atoms with E-state index in [1.807, 2.05) is 34.7 Å². The lowest BCUT2D eigenvalue weighted by Crippen LogP contribution is -2.32. The number of hydrogen-bond acceptors (Lipinski definition) is 5. The summed E-state index contributed by atoms with van der Waals surface area (Å²) in [5.41, 5.74) is 2.93. The number of piperidine rings is 1. The lowest BCUT2D eigenvalue weighted by molar-refractivity contribution is 0.170. The molecule has 176 valence electrons. The Labute approximate surface area is 209 Å². The van der Waals surface area contributed by atoms with Gasteiger partial charge in [0.2, 0.25) is 5.28 Å². The molecule has 0 spiro atoms. The van der Waals surface area contributed by atoms with E-state index in [1.165, 1.54) is 45.2 Å². The second-order valence-electron chi connectivity index (χ2n) is 9.70. The molecule has 2 unspecified atom stereocenters. The second kappa shape index (κ2) is 9.36. The van der Waals surface area contributed by atoms with Gasteiger partial charge < -0.3 is 9.47 Å². The van der Waals surface area contributed by atoms with Crippen LogP contribution in [0.2, 0.25) is 5.28 Å². The smallest absolute Gasteiger partial charge is 0.224 e. The molecule has 3 aromatic heterocycles. The fourth-order valence-corrected chi connectivity index (χ4v) is 6.63. The van der Waals surface area contributed by atoms with Crippen LogP contribution >= 0.6 is 23.5 Å². The van der Waals surface area contributed by atoms with E-state index in [2.05, 4.69) is 50.9 Å². The largest absolute Gasteiger partial charge is 0.329 e. The molecule has 0 amide bonds. The number of rotatable bonds is 5. The van der Waals surface area contributed by atoms with Gasteiger partial charge in [-0.15, -0.1) is 0 Å². The molecule has 6 rings (SSSR count). The van der Waals surface area contributed by atoms with E-state index in [0.29, 0.717) is 11.3 Å². The molecule has 6 nitrogen and oxygen atoms in total. The highest BCUT2D eigenvalue weighted by atomic mass is 35.5. The van der Waals surface area contributed by atoms with Crippen LogP contribution in [-0.4, -0.2) is 48.8 Å². The molecule has 0 radical (unpaired) electrons. The van der Waals surface area contributed by atoms with Crippen LogP contribution in [0, 0.1) is 11.8 Å². The number of halogens is 1. The van der Waals surface area contributed by atoms with E-state index >= 15 is 0 Å². The van der Waals surface area contributed by atoms with Crippen LogP contribution in [0.25, 0.3) is 22.3 Å². The number of benzene rings is 1. The monoisotopic (exact) mass is 492 g/mol. The van der Waals surface area contributed by atoms with Crippen molar-refractivity contribution in [2.75, 3.05) is 20.1 Å². The van der Waals surface area contributed by atoms with Crippen LogP contribution in [0.15, 0.2) is 59.9 Å². The van der Waals surface area contributed by atoms with Gasteiger partial charge in [-0.05, 0) is 93.9 Å². The first-order valence-corrected chi connectivity index (χ1v) is 13.3. The van der Waals surface area contributed by atoms with Crippen molar-refractivity contribution in [3.05, 3.63) is 60.3 Å². The van der Waals surface area contributed by atoms with Gasteiger partial charge in [0.15, 0.2) is 0 Å². The molecule has 1 saturated heterocycles. The topological polar surface area (TPSA) is 51.8 Å². The van der Waals surface area contributed by atoms with E-state index in [-0.39, 0.29) is 0 Å². The maximum atomic E-state index is 6.25. The van der Waals surface area contributed by atoms with E-state index in [9.17, 15) is 0 Å².